The normalized spacial score (nSPS) is 11.7. The molecule has 3 heteroatoms. The molecule has 0 unspecified atom stereocenters. The van der Waals surface area contributed by atoms with Gasteiger partial charge in [-0.1, -0.05) is 146 Å². The Balaban J connectivity index is 0.977. The summed E-state index contributed by atoms with van der Waals surface area (Å²) in [6.07, 6.45) is 0. The maximum Gasteiger partial charge on any atom is 0.144 e. The van der Waals surface area contributed by atoms with Crippen LogP contribution in [0, 0.1) is 0 Å². The fraction of sp³-hybridized carbons (Fsp3) is 0. The molecule has 0 fully saturated rings. The van der Waals surface area contributed by atoms with E-state index in [9.17, 15) is 0 Å². The van der Waals surface area contributed by atoms with Gasteiger partial charge in [-0.25, -0.2) is 0 Å². The van der Waals surface area contributed by atoms with E-state index in [1.807, 2.05) is 17.4 Å². The number of benzene rings is 10. The van der Waals surface area contributed by atoms with Gasteiger partial charge in [0.05, 0.1) is 0 Å². The van der Waals surface area contributed by atoms with E-state index in [1.54, 1.807) is 0 Å². The van der Waals surface area contributed by atoms with Gasteiger partial charge in [-0.2, -0.15) is 0 Å². The number of rotatable bonds is 6. The van der Waals surface area contributed by atoms with Gasteiger partial charge in [-0.05, 0) is 122 Å². The van der Waals surface area contributed by atoms with Crippen LogP contribution in [0.1, 0.15) is 0 Å². The smallest absolute Gasteiger partial charge is 0.144 e. The molecule has 2 heterocycles. The first-order valence-corrected chi connectivity index (χ1v) is 20.9. The number of hydrogen-bond acceptors (Lipinski definition) is 3. The number of nitrogens with zero attached hydrogens (tertiary/aromatic N) is 1. The van der Waals surface area contributed by atoms with Crippen molar-refractivity contribution in [1.29, 1.82) is 0 Å². The lowest BCUT2D eigenvalue weighted by Crippen LogP contribution is -2.09. The van der Waals surface area contributed by atoms with E-state index in [4.69, 9.17) is 4.42 Å². The zero-order valence-corrected chi connectivity index (χ0v) is 32.8. The largest absolute Gasteiger partial charge is 0.455 e. The van der Waals surface area contributed by atoms with Gasteiger partial charge >= 0.3 is 0 Å². The van der Waals surface area contributed by atoms with Gasteiger partial charge in [0.2, 0.25) is 0 Å². The zero-order chi connectivity index (χ0) is 38.9. The van der Waals surface area contributed by atoms with Gasteiger partial charge in [-0.15, -0.1) is 11.3 Å². The number of thiophene rings is 1. The van der Waals surface area contributed by atoms with Crippen LogP contribution in [-0.4, -0.2) is 0 Å². The number of para-hydroxylation sites is 1. The van der Waals surface area contributed by atoms with E-state index in [0.717, 1.165) is 39.0 Å². The summed E-state index contributed by atoms with van der Waals surface area (Å²) < 4.78 is 9.08. The van der Waals surface area contributed by atoms with Crippen molar-refractivity contribution < 1.29 is 4.42 Å². The Morgan fingerprint density at radius 2 is 0.898 bits per heavy atom. The number of furan rings is 1. The van der Waals surface area contributed by atoms with Crippen LogP contribution in [-0.2, 0) is 0 Å². The summed E-state index contributed by atoms with van der Waals surface area (Å²) >= 11 is 1.83. The summed E-state index contributed by atoms with van der Waals surface area (Å²) in [6.45, 7) is 0. The van der Waals surface area contributed by atoms with E-state index in [-0.39, 0.29) is 0 Å². The highest BCUT2D eigenvalue weighted by atomic mass is 32.1. The van der Waals surface area contributed by atoms with Gasteiger partial charge in [0, 0.05) is 48.0 Å². The summed E-state index contributed by atoms with van der Waals surface area (Å²) in [5.41, 5.74) is 12.4. The van der Waals surface area contributed by atoms with Crippen molar-refractivity contribution in [2.24, 2.45) is 0 Å². The fourth-order valence-electron chi connectivity index (χ4n) is 9.08. The van der Waals surface area contributed by atoms with Gasteiger partial charge < -0.3 is 9.32 Å². The van der Waals surface area contributed by atoms with E-state index in [1.165, 1.54) is 75.1 Å². The molecule has 10 aromatic carbocycles. The number of hydrogen-bond donors (Lipinski definition) is 0. The first-order valence-electron chi connectivity index (χ1n) is 20.1. The molecule has 0 saturated carbocycles. The second-order valence-electron chi connectivity index (χ2n) is 15.2. The molecular weight excluding hydrogens is 735 g/mol. The molecule has 2 aromatic heterocycles. The molecule has 0 aliphatic rings. The van der Waals surface area contributed by atoms with E-state index < -0.39 is 0 Å². The molecule has 0 amide bonds. The molecule has 2 nitrogen and oxygen atoms in total. The highest BCUT2D eigenvalue weighted by molar-refractivity contribution is 7.26. The summed E-state index contributed by atoms with van der Waals surface area (Å²) in [7, 11) is 0. The average molecular weight is 770 g/mol. The topological polar surface area (TPSA) is 16.4 Å². The first-order chi connectivity index (χ1) is 29.2. The Hall–Kier alpha value is -7.46. The lowest BCUT2D eigenvalue weighted by atomic mass is 9.93. The second kappa shape index (κ2) is 13.6. The average Bonchev–Trinajstić information content (AvgIpc) is 3.89. The van der Waals surface area contributed by atoms with Crippen LogP contribution < -0.4 is 4.90 Å². The summed E-state index contributed by atoms with van der Waals surface area (Å²) in [6, 6.07) is 76.9. The van der Waals surface area contributed by atoms with Crippen LogP contribution in [0.25, 0.3) is 97.0 Å². The van der Waals surface area contributed by atoms with Crippen molar-refractivity contribution in [2.45, 2.75) is 0 Å². The van der Waals surface area contributed by atoms with Crippen molar-refractivity contribution in [3.63, 3.8) is 0 Å². The molecule has 59 heavy (non-hydrogen) atoms. The highest BCUT2D eigenvalue weighted by Gasteiger charge is 2.19. The lowest BCUT2D eigenvalue weighted by molar-refractivity contribution is 0.673. The van der Waals surface area contributed by atoms with Crippen LogP contribution in [0.5, 0.6) is 0 Å². The van der Waals surface area contributed by atoms with Crippen molar-refractivity contribution in [2.75, 3.05) is 4.90 Å². The van der Waals surface area contributed by atoms with Gasteiger partial charge in [0.25, 0.3) is 0 Å². The van der Waals surface area contributed by atoms with Gasteiger partial charge in [0.15, 0.2) is 0 Å². The fourth-order valence-corrected chi connectivity index (χ4v) is 10.2. The predicted molar refractivity (Wildman–Crippen MR) is 253 cm³/mol. The molecule has 0 aliphatic carbocycles. The standard InChI is InChI=1S/C56H35NOS/c1-2-11-36(12-3-1)37-21-27-41(28-22-37)57(43-31-25-39(26-32-43)50-35-40-13-4-5-14-44(40)46-15-6-7-16-47(46)50)42-29-23-38(24-30-42)45-18-10-20-52-54(45)55-53(59-52)34-33-49-48-17-8-9-19-51(48)58-56(49)55/h1-35H. The highest BCUT2D eigenvalue weighted by Crippen LogP contribution is 2.46. The van der Waals surface area contributed by atoms with E-state index >= 15 is 0 Å². The number of fused-ring (bicyclic) bond motifs is 10. The third-order valence-electron chi connectivity index (χ3n) is 11.9. The summed E-state index contributed by atoms with van der Waals surface area (Å²) in [5, 5.41) is 9.82. The molecule has 0 radical (unpaired) electrons. The Morgan fingerprint density at radius 3 is 1.63 bits per heavy atom. The van der Waals surface area contributed by atoms with Crippen LogP contribution in [0.15, 0.2) is 217 Å². The summed E-state index contributed by atoms with van der Waals surface area (Å²) in [4.78, 5) is 2.36. The molecular formula is C56H35NOS. The molecule has 0 N–H and O–H groups in total. The molecule has 276 valence electrons. The Morgan fingerprint density at radius 1 is 0.339 bits per heavy atom. The molecule has 0 spiro atoms. The monoisotopic (exact) mass is 769 g/mol. The molecule has 0 bridgehead atoms. The van der Waals surface area contributed by atoms with E-state index in [0.29, 0.717) is 0 Å². The number of anilines is 3. The SMILES string of the molecule is c1ccc(-c2ccc(N(c3ccc(-c4cc5ccccc5c5ccccc45)cc3)c3ccc(-c4cccc5sc6ccc7c8ccccc8oc7c6c45)cc3)cc2)cc1. The Bertz CT molecular complexity index is 3530. The first kappa shape index (κ1) is 33.7. The molecule has 12 aromatic rings. The predicted octanol–water partition coefficient (Wildman–Crippen LogP) is 16.7. The van der Waals surface area contributed by atoms with Crippen molar-refractivity contribution >= 4 is 92.1 Å². The Labute approximate surface area is 345 Å². The molecule has 0 atom stereocenters. The third-order valence-corrected chi connectivity index (χ3v) is 13.0. The minimum absolute atomic E-state index is 0.923. The minimum Gasteiger partial charge on any atom is -0.455 e. The molecule has 0 aliphatic heterocycles. The minimum atomic E-state index is 0.923. The van der Waals surface area contributed by atoms with E-state index in [2.05, 4.69) is 211 Å². The van der Waals surface area contributed by atoms with Crippen molar-refractivity contribution in [1.82, 2.24) is 0 Å². The lowest BCUT2D eigenvalue weighted by Gasteiger charge is -2.26. The Kier molecular flexibility index (Phi) is 7.75. The zero-order valence-electron chi connectivity index (χ0n) is 32.0. The molecule has 0 saturated heterocycles. The molecule has 12 rings (SSSR count). The van der Waals surface area contributed by atoms with Gasteiger partial charge in [0.1, 0.15) is 11.2 Å². The van der Waals surface area contributed by atoms with Gasteiger partial charge in [-0.3, -0.25) is 0 Å². The van der Waals surface area contributed by atoms with Crippen LogP contribution in [0.2, 0.25) is 0 Å². The van der Waals surface area contributed by atoms with Crippen molar-refractivity contribution in [3.8, 4) is 33.4 Å². The summed E-state index contributed by atoms with van der Waals surface area (Å²) in [5.74, 6) is 0. The van der Waals surface area contributed by atoms with Crippen LogP contribution in [0.4, 0.5) is 17.1 Å². The third kappa shape index (κ3) is 5.55. The quantitative estimate of drug-likeness (QED) is 0.157. The van der Waals surface area contributed by atoms with Crippen LogP contribution in [0.3, 0.4) is 0 Å². The second-order valence-corrected chi connectivity index (χ2v) is 16.3. The van der Waals surface area contributed by atoms with Crippen LogP contribution >= 0.6 is 11.3 Å². The van der Waals surface area contributed by atoms with Crippen molar-refractivity contribution in [3.05, 3.63) is 212 Å². The maximum atomic E-state index is 6.58. The maximum absolute atomic E-state index is 6.58.